The lowest BCUT2D eigenvalue weighted by Crippen LogP contribution is -2.02. The summed E-state index contributed by atoms with van der Waals surface area (Å²) in [6.07, 6.45) is 1.74. The van der Waals surface area contributed by atoms with Gasteiger partial charge in [-0.25, -0.2) is 4.68 Å². The average molecular weight is 176 g/mol. The largest absolute Gasteiger partial charge is 0.445 e. The Labute approximate surface area is 74.7 Å². The number of hydrogen-bond acceptors (Lipinski definition) is 3. The zero-order valence-electron chi connectivity index (χ0n) is 6.88. The fourth-order valence-corrected chi connectivity index (χ4v) is 1.23. The van der Waals surface area contributed by atoms with Crippen LogP contribution in [-0.2, 0) is 16.3 Å². The standard InChI is InChI=1S/C9H8N2O2/c12-7-13-6-11-9-4-2-1-3-8(9)5-10-11/h1-5,7H,6H2. The van der Waals surface area contributed by atoms with Gasteiger partial charge in [0.15, 0.2) is 6.73 Å². The number of hydrogen-bond donors (Lipinski definition) is 0. The second-order valence-corrected chi connectivity index (χ2v) is 2.59. The topological polar surface area (TPSA) is 44.1 Å². The molecule has 1 heterocycles. The highest BCUT2D eigenvalue weighted by atomic mass is 16.5. The number of carbonyl (C=O) groups excluding carboxylic acids is 1. The van der Waals surface area contributed by atoms with Crippen molar-refractivity contribution in [2.45, 2.75) is 6.73 Å². The molecule has 0 saturated heterocycles. The quantitative estimate of drug-likeness (QED) is 0.659. The molecule has 4 heteroatoms. The predicted molar refractivity (Wildman–Crippen MR) is 46.9 cm³/mol. The molecule has 1 aromatic heterocycles. The Kier molecular flexibility index (Phi) is 1.96. The smallest absolute Gasteiger partial charge is 0.294 e. The van der Waals surface area contributed by atoms with Gasteiger partial charge in [-0.3, -0.25) is 4.79 Å². The van der Waals surface area contributed by atoms with Crippen LogP contribution in [-0.4, -0.2) is 16.3 Å². The minimum Gasteiger partial charge on any atom is -0.445 e. The van der Waals surface area contributed by atoms with E-state index in [-0.39, 0.29) is 6.73 Å². The van der Waals surface area contributed by atoms with Gasteiger partial charge >= 0.3 is 0 Å². The summed E-state index contributed by atoms with van der Waals surface area (Å²) < 4.78 is 6.23. The van der Waals surface area contributed by atoms with E-state index >= 15 is 0 Å². The molecule has 2 rings (SSSR count). The lowest BCUT2D eigenvalue weighted by molar-refractivity contribution is -0.132. The van der Waals surface area contributed by atoms with Gasteiger partial charge < -0.3 is 4.74 Å². The number of rotatable bonds is 3. The maximum absolute atomic E-state index is 9.97. The summed E-state index contributed by atoms with van der Waals surface area (Å²) in [5, 5.41) is 5.10. The van der Waals surface area contributed by atoms with E-state index in [4.69, 9.17) is 0 Å². The van der Waals surface area contributed by atoms with Crippen LogP contribution in [0.15, 0.2) is 30.5 Å². The van der Waals surface area contributed by atoms with E-state index in [2.05, 4.69) is 9.84 Å². The monoisotopic (exact) mass is 176 g/mol. The molecule has 0 unspecified atom stereocenters. The maximum Gasteiger partial charge on any atom is 0.294 e. The van der Waals surface area contributed by atoms with Crippen LogP contribution in [0.3, 0.4) is 0 Å². The van der Waals surface area contributed by atoms with Gasteiger partial charge in [0.05, 0.1) is 11.7 Å². The van der Waals surface area contributed by atoms with Crippen molar-refractivity contribution in [2.75, 3.05) is 0 Å². The van der Waals surface area contributed by atoms with Crippen molar-refractivity contribution in [1.29, 1.82) is 0 Å². The summed E-state index contributed by atoms with van der Waals surface area (Å²) in [6, 6.07) is 7.74. The molecule has 4 nitrogen and oxygen atoms in total. The summed E-state index contributed by atoms with van der Waals surface area (Å²) >= 11 is 0. The molecule has 2 aromatic rings. The molecule has 13 heavy (non-hydrogen) atoms. The first-order chi connectivity index (χ1) is 6.42. The van der Waals surface area contributed by atoms with Gasteiger partial charge in [0, 0.05) is 5.39 Å². The minimum atomic E-state index is 0.164. The van der Waals surface area contributed by atoms with Crippen LogP contribution in [0, 0.1) is 0 Å². The molecule has 66 valence electrons. The third kappa shape index (κ3) is 1.38. The fraction of sp³-hybridized carbons (Fsp3) is 0.111. The van der Waals surface area contributed by atoms with E-state index in [1.165, 1.54) is 0 Å². The Bertz CT molecular complexity index is 422. The van der Waals surface area contributed by atoms with Crippen LogP contribution in [0.5, 0.6) is 0 Å². The number of nitrogens with zero attached hydrogens (tertiary/aromatic N) is 2. The lowest BCUT2D eigenvalue weighted by Gasteiger charge is -1.99. The van der Waals surface area contributed by atoms with E-state index in [1.54, 1.807) is 10.9 Å². The van der Waals surface area contributed by atoms with Crippen LogP contribution in [0.1, 0.15) is 0 Å². The van der Waals surface area contributed by atoms with E-state index in [0.29, 0.717) is 6.47 Å². The minimum absolute atomic E-state index is 0.164. The normalized spacial score (nSPS) is 10.2. The summed E-state index contributed by atoms with van der Waals surface area (Å²) in [4.78, 5) is 9.97. The first kappa shape index (κ1) is 7.79. The third-order valence-electron chi connectivity index (χ3n) is 1.82. The molecule has 0 N–H and O–H groups in total. The van der Waals surface area contributed by atoms with Crippen molar-refractivity contribution in [3.8, 4) is 0 Å². The lowest BCUT2D eigenvalue weighted by atomic mass is 10.3. The first-order valence-corrected chi connectivity index (χ1v) is 3.87. The van der Waals surface area contributed by atoms with Crippen molar-refractivity contribution in [2.24, 2.45) is 0 Å². The molecule has 0 saturated carbocycles. The summed E-state index contributed by atoms with van der Waals surface area (Å²) in [6.45, 7) is 0.577. The van der Waals surface area contributed by atoms with Crippen LogP contribution >= 0.6 is 0 Å². The molecule has 1 aromatic carbocycles. The number of benzene rings is 1. The third-order valence-corrected chi connectivity index (χ3v) is 1.82. The molecular formula is C9H8N2O2. The zero-order chi connectivity index (χ0) is 9.10. The predicted octanol–water partition coefficient (Wildman–Crippen LogP) is 1.17. The molecule has 0 atom stereocenters. The van der Waals surface area contributed by atoms with Crippen molar-refractivity contribution < 1.29 is 9.53 Å². The van der Waals surface area contributed by atoms with E-state index < -0.39 is 0 Å². The van der Waals surface area contributed by atoms with Crippen LogP contribution < -0.4 is 0 Å². The van der Waals surface area contributed by atoms with Crippen LogP contribution in [0.25, 0.3) is 10.9 Å². The number of aromatic nitrogens is 2. The van der Waals surface area contributed by atoms with Gasteiger partial charge in [0.25, 0.3) is 6.47 Å². The van der Waals surface area contributed by atoms with Gasteiger partial charge in [-0.05, 0) is 6.07 Å². The summed E-state index contributed by atoms with van der Waals surface area (Å²) in [7, 11) is 0. The van der Waals surface area contributed by atoms with Gasteiger partial charge in [-0.15, -0.1) is 0 Å². The highest BCUT2D eigenvalue weighted by Crippen LogP contribution is 2.11. The van der Waals surface area contributed by atoms with Crippen molar-refractivity contribution in [3.05, 3.63) is 30.5 Å². The van der Waals surface area contributed by atoms with Crippen molar-refractivity contribution in [1.82, 2.24) is 9.78 Å². The fourth-order valence-electron chi connectivity index (χ4n) is 1.23. The molecule has 0 radical (unpaired) electrons. The molecule has 0 aliphatic heterocycles. The molecule has 0 aliphatic rings. The Morgan fingerprint density at radius 1 is 1.46 bits per heavy atom. The first-order valence-electron chi connectivity index (χ1n) is 3.87. The van der Waals surface area contributed by atoms with E-state index in [9.17, 15) is 4.79 Å². The molecule has 0 bridgehead atoms. The van der Waals surface area contributed by atoms with Gasteiger partial charge in [-0.2, -0.15) is 5.10 Å². The zero-order valence-corrected chi connectivity index (χ0v) is 6.88. The molecular weight excluding hydrogens is 168 g/mol. The van der Waals surface area contributed by atoms with Crippen molar-refractivity contribution in [3.63, 3.8) is 0 Å². The Hall–Kier alpha value is -1.84. The second-order valence-electron chi connectivity index (χ2n) is 2.59. The SMILES string of the molecule is O=COCn1ncc2ccccc21. The van der Waals surface area contributed by atoms with Crippen LogP contribution in [0.4, 0.5) is 0 Å². The molecule has 0 spiro atoms. The number of fused-ring (bicyclic) bond motifs is 1. The van der Waals surface area contributed by atoms with Gasteiger partial charge in [0.2, 0.25) is 0 Å². The number of carbonyl (C=O) groups is 1. The van der Waals surface area contributed by atoms with E-state index in [1.807, 2.05) is 24.3 Å². The highest BCUT2D eigenvalue weighted by Gasteiger charge is 1.99. The summed E-state index contributed by atoms with van der Waals surface area (Å²) in [5.41, 5.74) is 0.962. The molecule has 0 fully saturated rings. The van der Waals surface area contributed by atoms with Crippen LogP contribution in [0.2, 0.25) is 0 Å². The Morgan fingerprint density at radius 3 is 3.15 bits per heavy atom. The highest BCUT2D eigenvalue weighted by molar-refractivity contribution is 5.78. The second kappa shape index (κ2) is 3.26. The average Bonchev–Trinajstić information content (AvgIpc) is 2.58. The number of para-hydroxylation sites is 1. The summed E-state index contributed by atoms with van der Waals surface area (Å²) in [5.74, 6) is 0. The Balaban J connectivity index is 2.40. The molecule has 0 aliphatic carbocycles. The van der Waals surface area contributed by atoms with Crippen molar-refractivity contribution >= 4 is 17.4 Å². The Morgan fingerprint density at radius 2 is 2.31 bits per heavy atom. The maximum atomic E-state index is 9.97. The van der Waals surface area contributed by atoms with Gasteiger partial charge in [0.1, 0.15) is 0 Å². The number of ether oxygens (including phenoxy) is 1. The molecule has 0 amide bonds. The van der Waals surface area contributed by atoms with Gasteiger partial charge in [-0.1, -0.05) is 18.2 Å². The van der Waals surface area contributed by atoms with E-state index in [0.717, 1.165) is 10.9 Å².